The van der Waals surface area contributed by atoms with Gasteiger partial charge in [-0.15, -0.1) is 0 Å². The fourth-order valence-electron chi connectivity index (χ4n) is 4.15. The Bertz CT molecular complexity index is 1100. The Morgan fingerprint density at radius 3 is 2.94 bits per heavy atom. The summed E-state index contributed by atoms with van der Waals surface area (Å²) < 4.78 is 11.3. The summed E-state index contributed by atoms with van der Waals surface area (Å²) in [6, 6.07) is 14.3. The Balaban J connectivity index is 1.65. The molecule has 0 saturated carbocycles. The van der Waals surface area contributed by atoms with Crippen molar-refractivity contribution in [2.75, 3.05) is 6.54 Å². The molecule has 6 nitrogen and oxygen atoms in total. The third kappa shape index (κ3) is 4.47. The van der Waals surface area contributed by atoms with Crippen LogP contribution in [0, 0.1) is 11.3 Å². The van der Waals surface area contributed by atoms with Crippen molar-refractivity contribution in [2.24, 2.45) is 0 Å². The minimum Gasteiger partial charge on any atom is -0.490 e. The highest BCUT2D eigenvalue weighted by Gasteiger charge is 2.24. The first-order valence-electron chi connectivity index (χ1n) is 11.0. The Morgan fingerprint density at radius 1 is 1.29 bits per heavy atom. The van der Waals surface area contributed by atoms with Crippen LogP contribution in [-0.4, -0.2) is 22.8 Å². The molecule has 0 fully saturated rings. The number of nitriles is 1. The third-order valence-electron chi connectivity index (χ3n) is 5.52. The standard InChI is InChI=1S/C25H28N4O2/c1-4-13-27-22-10-6-7-19-20(22)8-5-9-21(19)24-28-25(31-29-24)17-11-12-23(30-16(2)3)18(14-17)15-26/h5,8-9,11-12,14,16,22,27H,4,6-7,10,13H2,1-3H3/t22-/m1/s1. The lowest BCUT2D eigenvalue weighted by Crippen LogP contribution is -2.26. The molecule has 1 atom stereocenters. The molecule has 0 radical (unpaired) electrons. The second-order valence-corrected chi connectivity index (χ2v) is 8.18. The lowest BCUT2D eigenvalue weighted by Gasteiger charge is -2.27. The highest BCUT2D eigenvalue weighted by Crippen LogP contribution is 2.36. The van der Waals surface area contributed by atoms with E-state index in [1.54, 1.807) is 12.1 Å². The summed E-state index contributed by atoms with van der Waals surface area (Å²) >= 11 is 0. The van der Waals surface area contributed by atoms with Crippen molar-refractivity contribution in [2.45, 2.75) is 58.6 Å². The van der Waals surface area contributed by atoms with Crippen LogP contribution in [0.3, 0.4) is 0 Å². The molecular weight excluding hydrogens is 388 g/mol. The number of rotatable bonds is 7. The number of nitrogens with zero attached hydrogens (tertiary/aromatic N) is 3. The summed E-state index contributed by atoms with van der Waals surface area (Å²) in [4.78, 5) is 4.66. The molecule has 3 aromatic rings. The van der Waals surface area contributed by atoms with Gasteiger partial charge >= 0.3 is 0 Å². The highest BCUT2D eigenvalue weighted by atomic mass is 16.5. The zero-order valence-electron chi connectivity index (χ0n) is 18.3. The average Bonchev–Trinajstić information content (AvgIpc) is 3.27. The van der Waals surface area contributed by atoms with Crippen LogP contribution in [0.5, 0.6) is 5.75 Å². The molecule has 1 N–H and O–H groups in total. The molecule has 2 aromatic carbocycles. The lowest BCUT2D eigenvalue weighted by atomic mass is 9.84. The predicted octanol–water partition coefficient (Wildman–Crippen LogP) is 5.44. The number of aromatic nitrogens is 2. The summed E-state index contributed by atoms with van der Waals surface area (Å²) in [5.74, 6) is 1.55. The van der Waals surface area contributed by atoms with Crippen LogP contribution in [0.1, 0.15) is 62.8 Å². The molecule has 0 spiro atoms. The maximum Gasteiger partial charge on any atom is 0.258 e. The molecule has 1 heterocycles. The van der Waals surface area contributed by atoms with E-state index in [0.717, 1.165) is 37.8 Å². The van der Waals surface area contributed by atoms with Crippen molar-refractivity contribution in [1.29, 1.82) is 5.26 Å². The van der Waals surface area contributed by atoms with E-state index in [9.17, 15) is 5.26 Å². The number of hydrogen-bond donors (Lipinski definition) is 1. The van der Waals surface area contributed by atoms with E-state index in [-0.39, 0.29) is 6.10 Å². The normalized spacial score (nSPS) is 15.5. The second-order valence-electron chi connectivity index (χ2n) is 8.18. The van der Waals surface area contributed by atoms with E-state index in [1.165, 1.54) is 11.1 Å². The molecule has 0 unspecified atom stereocenters. The first kappa shape index (κ1) is 21.1. The van der Waals surface area contributed by atoms with Crippen molar-refractivity contribution < 1.29 is 9.26 Å². The molecule has 160 valence electrons. The van der Waals surface area contributed by atoms with Crippen LogP contribution in [0.25, 0.3) is 22.8 Å². The van der Waals surface area contributed by atoms with E-state index in [4.69, 9.17) is 9.26 Å². The molecule has 0 aliphatic heterocycles. The van der Waals surface area contributed by atoms with Crippen molar-refractivity contribution in [3.05, 3.63) is 53.1 Å². The van der Waals surface area contributed by atoms with Crippen LogP contribution in [0.15, 0.2) is 40.9 Å². The van der Waals surface area contributed by atoms with Gasteiger partial charge in [0.05, 0.1) is 11.7 Å². The number of ether oxygens (including phenoxy) is 1. The van der Waals surface area contributed by atoms with Crippen LogP contribution in [-0.2, 0) is 6.42 Å². The van der Waals surface area contributed by atoms with Crippen molar-refractivity contribution >= 4 is 0 Å². The molecule has 6 heteroatoms. The maximum atomic E-state index is 9.50. The van der Waals surface area contributed by atoms with Crippen LogP contribution < -0.4 is 10.1 Å². The zero-order valence-corrected chi connectivity index (χ0v) is 18.3. The summed E-state index contributed by atoms with van der Waals surface area (Å²) in [6.45, 7) is 7.07. The van der Waals surface area contributed by atoms with Gasteiger partial charge in [0.25, 0.3) is 5.89 Å². The summed E-state index contributed by atoms with van der Waals surface area (Å²) in [7, 11) is 0. The Hall–Kier alpha value is -3.17. The summed E-state index contributed by atoms with van der Waals surface area (Å²) in [5.41, 5.74) is 4.82. The third-order valence-corrected chi connectivity index (χ3v) is 5.52. The smallest absolute Gasteiger partial charge is 0.258 e. The van der Waals surface area contributed by atoms with Gasteiger partial charge in [-0.05, 0) is 75.4 Å². The lowest BCUT2D eigenvalue weighted by molar-refractivity contribution is 0.241. The quantitative estimate of drug-likeness (QED) is 0.552. The Kier molecular flexibility index (Phi) is 6.34. The zero-order chi connectivity index (χ0) is 21.8. The van der Waals surface area contributed by atoms with Gasteiger partial charge in [-0.25, -0.2) is 0 Å². The van der Waals surface area contributed by atoms with Crippen LogP contribution >= 0.6 is 0 Å². The van der Waals surface area contributed by atoms with E-state index in [0.29, 0.717) is 34.6 Å². The van der Waals surface area contributed by atoms with Gasteiger partial charge in [-0.3, -0.25) is 0 Å². The van der Waals surface area contributed by atoms with Crippen molar-refractivity contribution in [3.63, 3.8) is 0 Å². The Labute approximate surface area is 183 Å². The first-order chi connectivity index (χ1) is 15.1. The highest BCUT2D eigenvalue weighted by molar-refractivity contribution is 5.66. The SMILES string of the molecule is CCCN[C@@H]1CCCc2c(-c3noc(-c4ccc(OC(C)C)c(C#N)c4)n3)cccc21. The van der Waals surface area contributed by atoms with E-state index in [1.807, 2.05) is 19.9 Å². The van der Waals surface area contributed by atoms with Crippen LogP contribution in [0.2, 0.25) is 0 Å². The van der Waals surface area contributed by atoms with Crippen molar-refractivity contribution in [3.8, 4) is 34.7 Å². The minimum absolute atomic E-state index is 0.00661. The first-order valence-corrected chi connectivity index (χ1v) is 11.0. The predicted molar refractivity (Wildman–Crippen MR) is 120 cm³/mol. The van der Waals surface area contributed by atoms with Gasteiger partial charge in [0.2, 0.25) is 5.82 Å². The van der Waals surface area contributed by atoms with Crippen LogP contribution in [0.4, 0.5) is 0 Å². The van der Waals surface area contributed by atoms with Gasteiger partial charge in [-0.2, -0.15) is 10.2 Å². The van der Waals surface area contributed by atoms with E-state index in [2.05, 4.69) is 46.6 Å². The number of benzene rings is 2. The van der Waals surface area contributed by atoms with Gasteiger partial charge in [-0.1, -0.05) is 30.3 Å². The largest absolute Gasteiger partial charge is 0.490 e. The molecule has 1 aliphatic carbocycles. The summed E-state index contributed by atoms with van der Waals surface area (Å²) in [6.07, 6.45) is 4.41. The number of hydrogen-bond acceptors (Lipinski definition) is 6. The number of fused-ring (bicyclic) bond motifs is 1. The monoisotopic (exact) mass is 416 g/mol. The average molecular weight is 417 g/mol. The topological polar surface area (TPSA) is 84.0 Å². The Morgan fingerprint density at radius 2 is 2.16 bits per heavy atom. The second kappa shape index (κ2) is 9.32. The fraction of sp³-hybridized carbons (Fsp3) is 0.400. The van der Waals surface area contributed by atoms with Crippen molar-refractivity contribution in [1.82, 2.24) is 15.5 Å². The molecule has 1 aromatic heterocycles. The van der Waals surface area contributed by atoms with E-state index < -0.39 is 0 Å². The van der Waals surface area contributed by atoms with E-state index >= 15 is 0 Å². The van der Waals surface area contributed by atoms with Gasteiger partial charge in [0.1, 0.15) is 11.8 Å². The fourth-order valence-corrected chi connectivity index (χ4v) is 4.15. The molecule has 0 amide bonds. The maximum absolute atomic E-state index is 9.50. The minimum atomic E-state index is -0.00661. The number of nitrogens with one attached hydrogen (secondary N) is 1. The van der Waals surface area contributed by atoms with Gasteiger partial charge < -0.3 is 14.6 Å². The molecular formula is C25H28N4O2. The molecule has 31 heavy (non-hydrogen) atoms. The van der Waals surface area contributed by atoms with Gasteiger partial charge in [0.15, 0.2) is 0 Å². The molecule has 0 bridgehead atoms. The molecule has 1 aliphatic rings. The summed E-state index contributed by atoms with van der Waals surface area (Å²) in [5, 5.41) is 17.4. The molecule has 0 saturated heterocycles. The van der Waals surface area contributed by atoms with Gasteiger partial charge in [0, 0.05) is 17.2 Å². The molecule has 4 rings (SSSR count).